The lowest BCUT2D eigenvalue weighted by molar-refractivity contribution is -0.747. The van der Waals surface area contributed by atoms with Crippen molar-refractivity contribution in [3.8, 4) is 22.3 Å². The van der Waals surface area contributed by atoms with Gasteiger partial charge >= 0.3 is 23.0 Å². The van der Waals surface area contributed by atoms with Crippen molar-refractivity contribution in [3.05, 3.63) is 96.3 Å². The smallest absolute Gasteiger partial charge is 0.335 e. The molecule has 0 unspecified atom stereocenters. The molecule has 156 valence electrons. The summed E-state index contributed by atoms with van der Waals surface area (Å²) in [5.74, 6) is -1.89. The second-order valence-electron chi connectivity index (χ2n) is 7.30. The van der Waals surface area contributed by atoms with Crippen LogP contribution in [0.4, 0.5) is 0 Å². The van der Waals surface area contributed by atoms with E-state index in [0.29, 0.717) is 0 Å². The number of carboxylic acid groups (broad SMARTS) is 2. The zero-order valence-electron chi connectivity index (χ0n) is 16.5. The summed E-state index contributed by atoms with van der Waals surface area (Å²) >= 11 is 2.22. The highest BCUT2D eigenvalue weighted by molar-refractivity contribution is 14.1. The van der Waals surface area contributed by atoms with Crippen LogP contribution in [0, 0.1) is 0 Å². The molecule has 0 aliphatic rings. The van der Waals surface area contributed by atoms with E-state index in [9.17, 15) is 9.59 Å². The Labute approximate surface area is 195 Å². The number of benzene rings is 2. The molecule has 0 saturated carbocycles. The number of fused-ring (bicyclic) bond motifs is 3. The third kappa shape index (κ3) is 3.38. The summed E-state index contributed by atoms with van der Waals surface area (Å²) in [4.78, 5) is 22.2. The molecule has 0 aliphatic heterocycles. The van der Waals surface area contributed by atoms with Gasteiger partial charge in [-0.05, 0) is 56.6 Å². The molecule has 5 rings (SSSR count). The van der Waals surface area contributed by atoms with E-state index in [1.807, 2.05) is 48.7 Å². The molecule has 0 saturated heterocycles. The SMILES string of the molecule is O=C(O)c1ccc(-c2ccc3c4ccc(-c5ccc(C(=O)O)cc5)c[n+]4n(I)[n+]3c2)cc1. The third-order valence-electron chi connectivity index (χ3n) is 5.41. The number of hydrogen-bond acceptors (Lipinski definition) is 2. The Morgan fingerprint density at radius 1 is 0.594 bits per heavy atom. The highest BCUT2D eigenvalue weighted by atomic mass is 127. The first-order chi connectivity index (χ1) is 15.4. The molecule has 7 nitrogen and oxygen atoms in total. The molecule has 3 aromatic heterocycles. The van der Waals surface area contributed by atoms with Gasteiger partial charge in [0.2, 0.25) is 35.3 Å². The maximum atomic E-state index is 11.1. The fourth-order valence-electron chi connectivity index (χ4n) is 3.71. The lowest BCUT2D eigenvalue weighted by Crippen LogP contribution is -2.39. The van der Waals surface area contributed by atoms with Crippen molar-refractivity contribution in [3.63, 3.8) is 0 Å². The lowest BCUT2D eigenvalue weighted by Gasteiger charge is -1.99. The number of rotatable bonds is 4. The summed E-state index contributed by atoms with van der Waals surface area (Å²) in [6.07, 6.45) is 4.01. The van der Waals surface area contributed by atoms with Gasteiger partial charge in [0.25, 0.3) is 0 Å². The minimum Gasteiger partial charge on any atom is -0.478 e. The fraction of sp³-hybridized carbons (Fsp3) is 0. The Hall–Kier alpha value is -3.79. The number of nitrogens with zero attached hydrogens (tertiary/aromatic N) is 3. The number of aromatic carboxylic acids is 2. The van der Waals surface area contributed by atoms with Crippen LogP contribution in [-0.4, -0.2) is 25.2 Å². The second kappa shape index (κ2) is 7.72. The standard InChI is InChI=1S/C24H14IN3O4/c25-28-26-13-19(15-1-5-17(6-2-15)23(29)30)9-11-21(26)22-12-10-20(14-27(22)28)16-3-7-18(8-4-16)24(31)32/h1-14H/p+2. The monoisotopic (exact) mass is 537 g/mol. The van der Waals surface area contributed by atoms with Crippen LogP contribution in [0.2, 0.25) is 0 Å². The van der Waals surface area contributed by atoms with E-state index >= 15 is 0 Å². The first-order valence-corrected chi connectivity index (χ1v) is 10.6. The number of aromatic nitrogens is 3. The molecular formula is C24H16IN3O4+2. The summed E-state index contributed by atoms with van der Waals surface area (Å²) < 4.78 is 5.99. The summed E-state index contributed by atoms with van der Waals surface area (Å²) in [6.45, 7) is 0. The molecule has 3 heterocycles. The second-order valence-corrected chi connectivity index (χ2v) is 8.16. The number of pyridine rings is 2. The topological polar surface area (TPSA) is 87.7 Å². The summed E-state index contributed by atoms with van der Waals surface area (Å²) in [7, 11) is 0. The molecule has 0 atom stereocenters. The number of halogens is 1. The van der Waals surface area contributed by atoms with Crippen molar-refractivity contribution in [1.29, 1.82) is 0 Å². The zero-order valence-corrected chi connectivity index (χ0v) is 18.7. The van der Waals surface area contributed by atoms with Gasteiger partial charge in [-0.3, -0.25) is 0 Å². The van der Waals surface area contributed by atoms with Crippen molar-refractivity contribution >= 4 is 45.8 Å². The van der Waals surface area contributed by atoms with Gasteiger partial charge in [-0.1, -0.05) is 24.3 Å². The van der Waals surface area contributed by atoms with Crippen molar-refractivity contribution in [2.24, 2.45) is 0 Å². The summed E-state index contributed by atoms with van der Waals surface area (Å²) in [5.41, 5.74) is 6.31. The van der Waals surface area contributed by atoms with Crippen LogP contribution in [-0.2, 0) is 0 Å². The Morgan fingerprint density at radius 2 is 0.938 bits per heavy atom. The van der Waals surface area contributed by atoms with Crippen LogP contribution in [0.15, 0.2) is 85.2 Å². The maximum absolute atomic E-state index is 11.1. The highest BCUT2D eigenvalue weighted by Gasteiger charge is 2.26. The average Bonchev–Trinajstić information content (AvgIpc) is 3.10. The van der Waals surface area contributed by atoms with E-state index in [0.717, 1.165) is 33.3 Å². The van der Waals surface area contributed by atoms with Crippen molar-refractivity contribution in [2.45, 2.75) is 0 Å². The van der Waals surface area contributed by atoms with Crippen LogP contribution in [0.5, 0.6) is 0 Å². The first-order valence-electron chi connectivity index (χ1n) is 9.68. The Bertz CT molecular complexity index is 1410. The molecule has 0 spiro atoms. The third-order valence-corrected chi connectivity index (χ3v) is 6.34. The van der Waals surface area contributed by atoms with Crippen molar-refractivity contribution < 1.29 is 28.8 Å². The molecule has 2 N–H and O–H groups in total. The Balaban J connectivity index is 1.59. The van der Waals surface area contributed by atoms with Gasteiger partial charge in [0, 0.05) is 23.3 Å². The van der Waals surface area contributed by atoms with Gasteiger partial charge in [-0.25, -0.2) is 9.59 Å². The van der Waals surface area contributed by atoms with Crippen molar-refractivity contribution in [2.75, 3.05) is 0 Å². The van der Waals surface area contributed by atoms with Crippen LogP contribution in [0.25, 0.3) is 33.3 Å². The molecule has 0 amide bonds. The van der Waals surface area contributed by atoms with Gasteiger partial charge in [0.1, 0.15) is 3.01 Å². The minimum absolute atomic E-state index is 0.255. The van der Waals surface area contributed by atoms with Crippen LogP contribution in [0.3, 0.4) is 0 Å². The molecule has 8 heteroatoms. The number of carbonyl (C=O) groups is 2. The van der Waals surface area contributed by atoms with Gasteiger partial charge < -0.3 is 10.2 Å². The summed E-state index contributed by atoms with van der Waals surface area (Å²) in [6, 6.07) is 21.7. The molecule has 0 fully saturated rings. The fourth-order valence-corrected chi connectivity index (χ4v) is 4.43. The van der Waals surface area contributed by atoms with Gasteiger partial charge in [-0.15, -0.1) is 0 Å². The van der Waals surface area contributed by atoms with Crippen LogP contribution in [0.1, 0.15) is 20.7 Å². The van der Waals surface area contributed by atoms with E-state index in [1.165, 1.54) is 0 Å². The lowest BCUT2D eigenvalue weighted by atomic mass is 10.0. The molecule has 0 radical (unpaired) electrons. The van der Waals surface area contributed by atoms with E-state index in [-0.39, 0.29) is 11.1 Å². The number of carboxylic acids is 2. The average molecular weight is 537 g/mol. The quantitative estimate of drug-likeness (QED) is 0.269. The van der Waals surface area contributed by atoms with Crippen molar-refractivity contribution in [1.82, 2.24) is 3.01 Å². The zero-order chi connectivity index (χ0) is 22.4. The van der Waals surface area contributed by atoms with Gasteiger partial charge in [0.05, 0.1) is 11.1 Å². The minimum atomic E-state index is -0.946. The molecule has 32 heavy (non-hydrogen) atoms. The first kappa shape index (κ1) is 20.1. The predicted molar refractivity (Wildman–Crippen MR) is 125 cm³/mol. The van der Waals surface area contributed by atoms with E-state index in [1.54, 1.807) is 48.5 Å². The van der Waals surface area contributed by atoms with Crippen LogP contribution < -0.4 is 9.03 Å². The van der Waals surface area contributed by atoms with E-state index < -0.39 is 11.9 Å². The van der Waals surface area contributed by atoms with Gasteiger partial charge in [-0.2, -0.15) is 0 Å². The molecule has 5 aromatic rings. The van der Waals surface area contributed by atoms with E-state index in [2.05, 4.69) is 22.9 Å². The summed E-state index contributed by atoms with van der Waals surface area (Å²) in [5, 5.41) is 18.2. The molecular weight excluding hydrogens is 521 g/mol. The number of hydrogen-bond donors (Lipinski definition) is 2. The van der Waals surface area contributed by atoms with Gasteiger partial charge in [0.15, 0.2) is 0 Å². The van der Waals surface area contributed by atoms with E-state index in [4.69, 9.17) is 10.2 Å². The highest BCUT2D eigenvalue weighted by Crippen LogP contribution is 2.22. The van der Waals surface area contributed by atoms with Crippen LogP contribution >= 0.6 is 22.9 Å². The molecule has 0 bridgehead atoms. The predicted octanol–water partition coefficient (Wildman–Crippen LogP) is 3.89. The Morgan fingerprint density at radius 3 is 1.28 bits per heavy atom. The largest absolute Gasteiger partial charge is 0.478 e. The normalized spacial score (nSPS) is 11.2. The Kier molecular flexibility index (Phi) is 4.86. The molecule has 0 aliphatic carbocycles. The molecule has 2 aromatic carbocycles. The maximum Gasteiger partial charge on any atom is 0.335 e.